The van der Waals surface area contributed by atoms with E-state index in [0.29, 0.717) is 17.1 Å². The molecule has 0 saturated heterocycles. The maximum absolute atomic E-state index is 12.0. The summed E-state index contributed by atoms with van der Waals surface area (Å²) in [6, 6.07) is 7.10. The molecule has 0 unspecified atom stereocenters. The van der Waals surface area contributed by atoms with Crippen molar-refractivity contribution >= 4 is 23.5 Å². The van der Waals surface area contributed by atoms with Crippen LogP contribution in [-0.2, 0) is 4.79 Å². The van der Waals surface area contributed by atoms with E-state index >= 15 is 0 Å². The van der Waals surface area contributed by atoms with Gasteiger partial charge < -0.3 is 9.64 Å². The smallest absolute Gasteiger partial charge is 0.232 e. The van der Waals surface area contributed by atoms with Crippen molar-refractivity contribution < 1.29 is 14.3 Å². The number of rotatable bonds is 6. The summed E-state index contributed by atoms with van der Waals surface area (Å²) in [5.41, 5.74) is 0.560. The predicted molar refractivity (Wildman–Crippen MR) is 73.3 cm³/mol. The number of carbonyl (C=O) groups is 2. The van der Waals surface area contributed by atoms with E-state index in [-0.39, 0.29) is 17.4 Å². The first kappa shape index (κ1) is 14.6. The highest BCUT2D eigenvalue weighted by Gasteiger charge is 2.12. The van der Waals surface area contributed by atoms with E-state index in [9.17, 15) is 9.59 Å². The molecule has 0 bridgehead atoms. The van der Waals surface area contributed by atoms with Gasteiger partial charge in [0.25, 0.3) is 0 Å². The molecule has 0 radical (unpaired) electrons. The van der Waals surface area contributed by atoms with Gasteiger partial charge in [-0.25, -0.2) is 0 Å². The van der Waals surface area contributed by atoms with Gasteiger partial charge in [-0.3, -0.25) is 9.59 Å². The van der Waals surface area contributed by atoms with Crippen molar-refractivity contribution in [1.29, 1.82) is 0 Å². The quantitative estimate of drug-likeness (QED) is 0.736. The molecule has 18 heavy (non-hydrogen) atoms. The monoisotopic (exact) mass is 267 g/mol. The minimum Gasteiger partial charge on any atom is -0.496 e. The number of amides is 1. The molecule has 0 aliphatic rings. The van der Waals surface area contributed by atoms with Crippen LogP contribution in [0.1, 0.15) is 10.4 Å². The molecule has 0 heterocycles. The second-order valence-corrected chi connectivity index (χ2v) is 4.89. The second kappa shape index (κ2) is 7.06. The minimum atomic E-state index is -0.0241. The van der Waals surface area contributed by atoms with Crippen LogP contribution in [0.5, 0.6) is 5.75 Å². The molecule has 5 heteroatoms. The summed E-state index contributed by atoms with van der Waals surface area (Å²) in [5.74, 6) is 1.15. The van der Waals surface area contributed by atoms with Crippen molar-refractivity contribution in [3.05, 3.63) is 29.8 Å². The fourth-order valence-electron chi connectivity index (χ4n) is 1.31. The minimum absolute atomic E-state index is 0.00725. The number of carbonyl (C=O) groups excluding carboxylic acids is 2. The summed E-state index contributed by atoms with van der Waals surface area (Å²) in [6.45, 7) is 0. The van der Waals surface area contributed by atoms with Crippen LogP contribution in [-0.4, -0.2) is 49.3 Å². The molecule has 0 spiro atoms. The van der Waals surface area contributed by atoms with Crippen molar-refractivity contribution in [2.24, 2.45) is 0 Å². The first-order valence-electron chi connectivity index (χ1n) is 5.50. The molecule has 1 rings (SSSR count). The van der Waals surface area contributed by atoms with Crippen molar-refractivity contribution in [1.82, 2.24) is 4.90 Å². The van der Waals surface area contributed by atoms with Gasteiger partial charge in [0.2, 0.25) is 5.91 Å². The molecule has 1 amide bonds. The predicted octanol–water partition coefficient (Wildman–Crippen LogP) is 1.70. The molecule has 0 saturated carbocycles. The lowest BCUT2D eigenvalue weighted by molar-refractivity contribution is -0.125. The summed E-state index contributed by atoms with van der Waals surface area (Å²) in [5, 5.41) is 0. The molecule has 1 aromatic rings. The fourth-order valence-corrected chi connectivity index (χ4v) is 2.19. The average molecular weight is 267 g/mol. The Morgan fingerprint density at radius 3 is 2.50 bits per heavy atom. The number of ether oxygens (including phenoxy) is 1. The SMILES string of the molecule is COc1ccccc1C(=O)CSCC(=O)N(C)C. The number of thioether (sulfide) groups is 1. The largest absolute Gasteiger partial charge is 0.496 e. The number of ketones is 1. The Morgan fingerprint density at radius 1 is 1.22 bits per heavy atom. The first-order valence-corrected chi connectivity index (χ1v) is 6.66. The van der Waals surface area contributed by atoms with Gasteiger partial charge in [0, 0.05) is 14.1 Å². The number of hydrogen-bond acceptors (Lipinski definition) is 4. The van der Waals surface area contributed by atoms with Crippen LogP contribution in [0, 0.1) is 0 Å². The van der Waals surface area contributed by atoms with Gasteiger partial charge in [0.1, 0.15) is 5.75 Å². The zero-order valence-electron chi connectivity index (χ0n) is 10.8. The Hall–Kier alpha value is -1.49. The van der Waals surface area contributed by atoms with Gasteiger partial charge in [0.15, 0.2) is 5.78 Å². The van der Waals surface area contributed by atoms with Crippen LogP contribution in [0.25, 0.3) is 0 Å². The molecule has 98 valence electrons. The lowest BCUT2D eigenvalue weighted by Gasteiger charge is -2.10. The van der Waals surface area contributed by atoms with Crippen LogP contribution in [0.15, 0.2) is 24.3 Å². The lowest BCUT2D eigenvalue weighted by atomic mass is 10.1. The molecule has 0 atom stereocenters. The number of para-hydroxylation sites is 1. The Balaban J connectivity index is 2.53. The van der Waals surface area contributed by atoms with E-state index in [2.05, 4.69) is 0 Å². The van der Waals surface area contributed by atoms with Gasteiger partial charge in [-0.15, -0.1) is 11.8 Å². The van der Waals surface area contributed by atoms with Crippen LogP contribution >= 0.6 is 11.8 Å². The normalized spacial score (nSPS) is 9.94. The highest BCUT2D eigenvalue weighted by molar-refractivity contribution is 8.00. The average Bonchev–Trinajstić information content (AvgIpc) is 2.38. The molecule has 1 aromatic carbocycles. The van der Waals surface area contributed by atoms with Crippen molar-refractivity contribution in [3.8, 4) is 5.75 Å². The molecule has 0 N–H and O–H groups in total. The van der Waals surface area contributed by atoms with Gasteiger partial charge in [-0.05, 0) is 12.1 Å². The number of Topliss-reactive ketones (excluding diaryl/α,β-unsaturated/α-hetero) is 1. The molecule has 4 nitrogen and oxygen atoms in total. The lowest BCUT2D eigenvalue weighted by Crippen LogP contribution is -2.24. The van der Waals surface area contributed by atoms with E-state index in [1.54, 1.807) is 32.3 Å². The van der Waals surface area contributed by atoms with Crippen molar-refractivity contribution in [3.63, 3.8) is 0 Å². The highest BCUT2D eigenvalue weighted by Crippen LogP contribution is 2.19. The van der Waals surface area contributed by atoms with E-state index in [4.69, 9.17) is 4.74 Å². The van der Waals surface area contributed by atoms with E-state index in [1.165, 1.54) is 23.8 Å². The molecule has 0 aliphatic carbocycles. The second-order valence-electron chi connectivity index (χ2n) is 3.90. The fraction of sp³-hybridized carbons (Fsp3) is 0.385. The Bertz CT molecular complexity index is 432. The van der Waals surface area contributed by atoms with E-state index < -0.39 is 0 Å². The highest BCUT2D eigenvalue weighted by atomic mass is 32.2. The Kier molecular flexibility index (Phi) is 5.71. The molecular weight excluding hydrogens is 250 g/mol. The van der Waals surface area contributed by atoms with E-state index in [1.807, 2.05) is 6.07 Å². The van der Waals surface area contributed by atoms with Gasteiger partial charge >= 0.3 is 0 Å². The van der Waals surface area contributed by atoms with Gasteiger partial charge in [-0.2, -0.15) is 0 Å². The van der Waals surface area contributed by atoms with Crippen LogP contribution < -0.4 is 4.74 Å². The zero-order valence-corrected chi connectivity index (χ0v) is 11.6. The maximum atomic E-state index is 12.0. The molecule has 0 fully saturated rings. The third-order valence-electron chi connectivity index (χ3n) is 2.36. The third-order valence-corrected chi connectivity index (χ3v) is 3.28. The summed E-state index contributed by atoms with van der Waals surface area (Å²) < 4.78 is 5.13. The Morgan fingerprint density at radius 2 is 1.89 bits per heavy atom. The molecular formula is C13H17NO3S. The summed E-state index contributed by atoms with van der Waals surface area (Å²) in [4.78, 5) is 24.8. The van der Waals surface area contributed by atoms with Crippen LogP contribution in [0.3, 0.4) is 0 Å². The summed E-state index contributed by atoms with van der Waals surface area (Å²) in [6.07, 6.45) is 0. The number of hydrogen-bond donors (Lipinski definition) is 0. The number of methoxy groups -OCH3 is 1. The van der Waals surface area contributed by atoms with Crippen molar-refractivity contribution in [2.45, 2.75) is 0 Å². The zero-order chi connectivity index (χ0) is 13.5. The first-order chi connectivity index (χ1) is 8.56. The summed E-state index contributed by atoms with van der Waals surface area (Å²) in [7, 11) is 4.94. The standard InChI is InChI=1S/C13H17NO3S/c1-14(2)13(16)9-18-8-11(15)10-6-4-5-7-12(10)17-3/h4-7H,8-9H2,1-3H3. The Labute approximate surface area is 111 Å². The van der Waals surface area contributed by atoms with Crippen LogP contribution in [0.2, 0.25) is 0 Å². The molecule has 0 aliphatic heterocycles. The van der Waals surface area contributed by atoms with Crippen molar-refractivity contribution in [2.75, 3.05) is 32.7 Å². The van der Waals surface area contributed by atoms with Gasteiger partial charge in [-0.1, -0.05) is 12.1 Å². The van der Waals surface area contributed by atoms with E-state index in [0.717, 1.165) is 0 Å². The maximum Gasteiger partial charge on any atom is 0.232 e. The number of nitrogens with zero attached hydrogens (tertiary/aromatic N) is 1. The van der Waals surface area contributed by atoms with Gasteiger partial charge in [0.05, 0.1) is 24.2 Å². The number of benzene rings is 1. The van der Waals surface area contributed by atoms with Crippen LogP contribution in [0.4, 0.5) is 0 Å². The topological polar surface area (TPSA) is 46.6 Å². The molecule has 0 aromatic heterocycles. The third kappa shape index (κ3) is 4.07. The summed E-state index contributed by atoms with van der Waals surface area (Å²) >= 11 is 1.32.